The van der Waals surface area contributed by atoms with Crippen LogP contribution in [0.5, 0.6) is 0 Å². The van der Waals surface area contributed by atoms with Crippen molar-refractivity contribution in [3.8, 4) is 0 Å². The Morgan fingerprint density at radius 3 is 1.89 bits per heavy atom. The molecule has 2 saturated heterocycles. The van der Waals surface area contributed by atoms with Gasteiger partial charge in [0.25, 0.3) is 0 Å². The van der Waals surface area contributed by atoms with E-state index in [2.05, 4.69) is 16.0 Å². The SMILES string of the molecule is CNC(=O)C1COC2CC[C@H](NC(=O)CCCCCCCCCCCCCCCC(=O)O)C(=O)N21.NC(=O)C[C@H](N)C(=O)N[C@@H](Cc1ccccc1)C(=O)O. The summed E-state index contributed by atoms with van der Waals surface area (Å²) in [5.41, 5.74) is 11.2. The molecule has 0 bridgehead atoms. The summed E-state index contributed by atoms with van der Waals surface area (Å²) in [5.74, 6) is -3.86. The number of unbranched alkanes of at least 4 members (excludes halogenated alkanes) is 12. The summed E-state index contributed by atoms with van der Waals surface area (Å²) in [6.07, 6.45) is 15.9. The number of ether oxygens (including phenoxy) is 1. The largest absolute Gasteiger partial charge is 0.481 e. The van der Waals surface area contributed by atoms with Crippen molar-refractivity contribution in [2.45, 2.75) is 152 Å². The number of nitrogens with zero attached hydrogens (tertiary/aromatic N) is 1. The molecule has 5 amide bonds. The van der Waals surface area contributed by atoms with Gasteiger partial charge in [-0.3, -0.25) is 28.8 Å². The number of carboxylic acid groups (broad SMARTS) is 2. The number of piperidine rings is 1. The summed E-state index contributed by atoms with van der Waals surface area (Å²) >= 11 is 0. The third-order valence-electron chi connectivity index (χ3n) is 9.68. The van der Waals surface area contributed by atoms with Crippen molar-refractivity contribution in [3.63, 3.8) is 0 Å². The summed E-state index contributed by atoms with van der Waals surface area (Å²) in [4.78, 5) is 82.6. The minimum absolute atomic E-state index is 0.0960. The van der Waals surface area contributed by atoms with E-state index < -0.39 is 47.9 Å². The van der Waals surface area contributed by atoms with E-state index in [0.29, 0.717) is 25.7 Å². The molecule has 16 heteroatoms. The summed E-state index contributed by atoms with van der Waals surface area (Å²) in [7, 11) is 1.54. The van der Waals surface area contributed by atoms with Crippen LogP contribution >= 0.6 is 0 Å². The Bertz CT molecular complexity index is 1380. The first-order chi connectivity index (χ1) is 26.3. The molecule has 0 aliphatic carbocycles. The Morgan fingerprint density at radius 2 is 1.38 bits per heavy atom. The molecule has 308 valence electrons. The molecular formula is C39H62N6O10. The van der Waals surface area contributed by atoms with Gasteiger partial charge >= 0.3 is 11.9 Å². The molecular weight excluding hydrogens is 712 g/mol. The number of carbonyl (C=O) groups excluding carboxylic acids is 5. The van der Waals surface area contributed by atoms with Crippen LogP contribution in [0.25, 0.3) is 0 Å². The second-order valence-corrected chi connectivity index (χ2v) is 14.2. The molecule has 0 aromatic heterocycles. The molecule has 2 aliphatic rings. The van der Waals surface area contributed by atoms with E-state index in [4.69, 9.17) is 26.4 Å². The normalized spacial score (nSPS) is 18.5. The number of amides is 5. The van der Waals surface area contributed by atoms with Crippen molar-refractivity contribution in [1.82, 2.24) is 20.9 Å². The van der Waals surface area contributed by atoms with Crippen LogP contribution < -0.4 is 27.4 Å². The molecule has 1 aromatic rings. The molecule has 9 N–H and O–H groups in total. The van der Waals surface area contributed by atoms with Crippen molar-refractivity contribution < 1.29 is 48.5 Å². The maximum atomic E-state index is 12.8. The Kier molecular flexibility index (Phi) is 22.3. The Balaban J connectivity index is 0.000000443. The standard InChI is InChI=1S/C26H45N3O6.C13H17N3O4/c1-27-25(33)21-19-35-23-18-17-20(26(34)29(21)23)28-22(30)15-13-11-9-7-5-3-2-4-6-8-10-12-14-16-24(31)32;14-9(7-11(15)17)12(18)16-10(13(19)20)6-8-4-2-1-3-5-8/h20-21,23H,2-19H2,1H3,(H,27,33)(H,28,30)(H,31,32);1-5,9-10H,6-7,14H2,(H2,15,17)(H,16,18)(H,19,20)/t20-,21?,23?;9-,10-/m00/s1. The third-order valence-corrected chi connectivity index (χ3v) is 9.68. The van der Waals surface area contributed by atoms with Crippen LogP contribution in [-0.2, 0) is 44.7 Å². The highest BCUT2D eigenvalue weighted by atomic mass is 16.5. The summed E-state index contributed by atoms with van der Waals surface area (Å²) in [6, 6.07) is 5.42. The number of carboxylic acids is 2. The number of rotatable bonds is 25. The number of hydrogen-bond donors (Lipinski definition) is 7. The number of benzene rings is 1. The van der Waals surface area contributed by atoms with Crippen LogP contribution in [-0.4, -0.2) is 101 Å². The zero-order valence-corrected chi connectivity index (χ0v) is 32.2. The van der Waals surface area contributed by atoms with Gasteiger partial charge in [-0.2, -0.15) is 0 Å². The van der Waals surface area contributed by atoms with Crippen molar-refractivity contribution in [1.29, 1.82) is 0 Å². The Morgan fingerprint density at radius 1 is 0.836 bits per heavy atom. The third kappa shape index (κ3) is 18.5. The molecule has 5 atom stereocenters. The number of nitrogens with two attached hydrogens (primary N) is 2. The number of fused-ring (bicyclic) bond motifs is 1. The van der Waals surface area contributed by atoms with Crippen molar-refractivity contribution in [3.05, 3.63) is 35.9 Å². The minimum Gasteiger partial charge on any atom is -0.481 e. The molecule has 2 heterocycles. The van der Waals surface area contributed by atoms with Gasteiger partial charge in [0, 0.05) is 26.3 Å². The van der Waals surface area contributed by atoms with Crippen LogP contribution in [0.1, 0.15) is 121 Å². The smallest absolute Gasteiger partial charge is 0.326 e. The van der Waals surface area contributed by atoms with Gasteiger partial charge in [-0.05, 0) is 31.2 Å². The lowest BCUT2D eigenvalue weighted by Gasteiger charge is -2.35. The molecule has 0 spiro atoms. The second-order valence-electron chi connectivity index (χ2n) is 14.2. The van der Waals surface area contributed by atoms with E-state index >= 15 is 0 Å². The van der Waals surface area contributed by atoms with E-state index in [9.17, 15) is 33.6 Å². The Hall–Kier alpha value is -4.57. The zero-order chi connectivity index (χ0) is 40.6. The molecule has 55 heavy (non-hydrogen) atoms. The average Bonchev–Trinajstić information content (AvgIpc) is 3.59. The molecule has 16 nitrogen and oxygen atoms in total. The number of aliphatic carboxylic acids is 2. The van der Waals surface area contributed by atoms with Crippen LogP contribution in [0.3, 0.4) is 0 Å². The molecule has 3 rings (SSSR count). The van der Waals surface area contributed by atoms with Gasteiger partial charge < -0.3 is 47.3 Å². The second kappa shape index (κ2) is 26.3. The number of primary amides is 1. The molecule has 1 aromatic carbocycles. The fourth-order valence-corrected chi connectivity index (χ4v) is 6.61. The van der Waals surface area contributed by atoms with Gasteiger partial charge in [-0.15, -0.1) is 0 Å². The van der Waals surface area contributed by atoms with E-state index in [-0.39, 0.29) is 43.4 Å². The lowest BCUT2D eigenvalue weighted by Crippen LogP contribution is -2.59. The predicted octanol–water partition coefficient (Wildman–Crippen LogP) is 2.50. The number of likely N-dealkylation sites (N-methyl/N-ethyl adjacent to an activating group) is 1. The van der Waals surface area contributed by atoms with Crippen LogP contribution in [0.2, 0.25) is 0 Å². The predicted molar refractivity (Wildman–Crippen MR) is 204 cm³/mol. The highest BCUT2D eigenvalue weighted by Gasteiger charge is 2.47. The van der Waals surface area contributed by atoms with Crippen molar-refractivity contribution in [2.75, 3.05) is 13.7 Å². The molecule has 0 radical (unpaired) electrons. The first-order valence-corrected chi connectivity index (χ1v) is 19.6. The van der Waals surface area contributed by atoms with E-state index in [1.807, 2.05) is 0 Å². The minimum atomic E-state index is -1.17. The topological polar surface area (TPSA) is 261 Å². The number of carbonyl (C=O) groups is 7. The van der Waals surface area contributed by atoms with Gasteiger partial charge in [0.2, 0.25) is 29.5 Å². The highest BCUT2D eigenvalue weighted by Crippen LogP contribution is 2.28. The van der Waals surface area contributed by atoms with E-state index in [1.165, 1.54) is 49.8 Å². The maximum absolute atomic E-state index is 12.8. The summed E-state index contributed by atoms with van der Waals surface area (Å²) in [6.45, 7) is 0.201. The van der Waals surface area contributed by atoms with Gasteiger partial charge in [0.05, 0.1) is 19.1 Å². The quantitative estimate of drug-likeness (QED) is 0.0710. The van der Waals surface area contributed by atoms with Gasteiger partial charge in [0.15, 0.2) is 0 Å². The molecule has 0 saturated carbocycles. The Labute approximate surface area is 323 Å². The van der Waals surface area contributed by atoms with Gasteiger partial charge in [-0.1, -0.05) is 101 Å². The van der Waals surface area contributed by atoms with E-state index in [1.54, 1.807) is 37.4 Å². The fourth-order valence-electron chi connectivity index (χ4n) is 6.61. The summed E-state index contributed by atoms with van der Waals surface area (Å²) in [5, 5.41) is 25.4. The molecule has 2 fully saturated rings. The van der Waals surface area contributed by atoms with Gasteiger partial charge in [-0.25, -0.2) is 4.79 Å². The van der Waals surface area contributed by atoms with Crippen LogP contribution in [0.15, 0.2) is 30.3 Å². The maximum Gasteiger partial charge on any atom is 0.326 e. The van der Waals surface area contributed by atoms with Gasteiger partial charge in [0.1, 0.15) is 24.4 Å². The van der Waals surface area contributed by atoms with Crippen LogP contribution in [0, 0.1) is 0 Å². The number of nitrogens with one attached hydrogen (secondary N) is 3. The van der Waals surface area contributed by atoms with Crippen molar-refractivity contribution >= 4 is 41.5 Å². The monoisotopic (exact) mass is 774 g/mol. The first kappa shape index (κ1) is 46.6. The first-order valence-electron chi connectivity index (χ1n) is 19.6. The van der Waals surface area contributed by atoms with Crippen molar-refractivity contribution in [2.24, 2.45) is 11.5 Å². The van der Waals surface area contributed by atoms with Crippen LogP contribution in [0.4, 0.5) is 0 Å². The van der Waals surface area contributed by atoms with E-state index in [0.717, 1.165) is 44.1 Å². The fraction of sp³-hybridized carbons (Fsp3) is 0.667. The molecule has 2 unspecified atom stereocenters. The average molecular weight is 775 g/mol. The lowest BCUT2D eigenvalue weighted by atomic mass is 10.0. The molecule has 2 aliphatic heterocycles. The zero-order valence-electron chi connectivity index (χ0n) is 32.2. The highest BCUT2D eigenvalue weighted by molar-refractivity contribution is 5.93. The lowest BCUT2D eigenvalue weighted by molar-refractivity contribution is -0.150. The summed E-state index contributed by atoms with van der Waals surface area (Å²) < 4.78 is 5.59. The number of hydrogen-bond acceptors (Lipinski definition) is 9.